The number of halogens is 1. The number of hydrogen-bond acceptors (Lipinski definition) is 2. The van der Waals surface area contributed by atoms with Gasteiger partial charge in [0.05, 0.1) is 7.11 Å². The number of methoxy groups -OCH3 is 1. The summed E-state index contributed by atoms with van der Waals surface area (Å²) in [6, 6.07) is 3.94. The average molecular weight is 237 g/mol. The van der Waals surface area contributed by atoms with Crippen molar-refractivity contribution in [1.29, 1.82) is 0 Å². The van der Waals surface area contributed by atoms with E-state index in [0.29, 0.717) is 18.7 Å². The van der Waals surface area contributed by atoms with E-state index in [4.69, 9.17) is 4.74 Å². The van der Waals surface area contributed by atoms with Gasteiger partial charge in [-0.05, 0) is 50.4 Å². The van der Waals surface area contributed by atoms with E-state index >= 15 is 4.39 Å². The summed E-state index contributed by atoms with van der Waals surface area (Å²) >= 11 is 0. The van der Waals surface area contributed by atoms with Gasteiger partial charge >= 0.3 is 0 Å². The lowest BCUT2D eigenvalue weighted by molar-refractivity contribution is 0.117. The van der Waals surface area contributed by atoms with Crippen LogP contribution in [0.15, 0.2) is 12.1 Å². The minimum Gasteiger partial charge on any atom is -0.496 e. The SMILES string of the molecule is COc1cc(C)cc(C)c1C1(F)CCCNC1. The van der Waals surface area contributed by atoms with Crippen LogP contribution >= 0.6 is 0 Å². The molecular formula is C14H20FNO. The summed E-state index contributed by atoms with van der Waals surface area (Å²) in [6.07, 6.45) is 1.44. The number of piperidine rings is 1. The number of rotatable bonds is 2. The molecule has 2 nitrogen and oxygen atoms in total. The Hall–Kier alpha value is -1.09. The largest absolute Gasteiger partial charge is 0.496 e. The Balaban J connectivity index is 2.49. The van der Waals surface area contributed by atoms with E-state index in [1.54, 1.807) is 7.11 Å². The van der Waals surface area contributed by atoms with Gasteiger partial charge in [0.15, 0.2) is 5.67 Å². The second kappa shape index (κ2) is 4.65. The molecule has 1 aromatic carbocycles. The van der Waals surface area contributed by atoms with Crippen molar-refractivity contribution >= 4 is 0 Å². The van der Waals surface area contributed by atoms with Gasteiger partial charge in [-0.25, -0.2) is 4.39 Å². The maximum absolute atomic E-state index is 15.0. The molecular weight excluding hydrogens is 217 g/mol. The van der Waals surface area contributed by atoms with Crippen LogP contribution in [0.2, 0.25) is 0 Å². The smallest absolute Gasteiger partial charge is 0.152 e. The summed E-state index contributed by atoms with van der Waals surface area (Å²) in [6.45, 7) is 5.25. The molecule has 1 N–H and O–H groups in total. The molecule has 1 unspecified atom stereocenters. The van der Waals surface area contributed by atoms with Crippen LogP contribution in [-0.2, 0) is 5.67 Å². The third-order valence-corrected chi connectivity index (χ3v) is 3.44. The molecule has 0 aromatic heterocycles. The first-order valence-electron chi connectivity index (χ1n) is 6.12. The van der Waals surface area contributed by atoms with Gasteiger partial charge in [-0.1, -0.05) is 6.07 Å². The summed E-state index contributed by atoms with van der Waals surface area (Å²) in [7, 11) is 1.61. The van der Waals surface area contributed by atoms with E-state index in [1.807, 2.05) is 26.0 Å². The Bertz CT molecular complexity index is 411. The zero-order valence-corrected chi connectivity index (χ0v) is 10.8. The van der Waals surface area contributed by atoms with Crippen LogP contribution in [0.25, 0.3) is 0 Å². The summed E-state index contributed by atoms with van der Waals surface area (Å²) < 4.78 is 20.4. The molecule has 1 aromatic rings. The van der Waals surface area contributed by atoms with Crippen molar-refractivity contribution in [3.05, 3.63) is 28.8 Å². The van der Waals surface area contributed by atoms with Gasteiger partial charge < -0.3 is 10.1 Å². The quantitative estimate of drug-likeness (QED) is 0.854. The number of alkyl halides is 1. The Morgan fingerprint density at radius 1 is 1.35 bits per heavy atom. The normalized spacial score (nSPS) is 24.7. The molecule has 0 spiro atoms. The highest BCUT2D eigenvalue weighted by Crippen LogP contribution is 2.40. The summed E-state index contributed by atoms with van der Waals surface area (Å²) in [5.41, 5.74) is 1.52. The number of aryl methyl sites for hydroxylation is 2. The predicted octanol–water partition coefficient (Wildman–Crippen LogP) is 2.86. The van der Waals surface area contributed by atoms with Gasteiger partial charge in [-0.15, -0.1) is 0 Å². The van der Waals surface area contributed by atoms with Crippen molar-refractivity contribution in [3.63, 3.8) is 0 Å². The highest BCUT2D eigenvalue weighted by atomic mass is 19.1. The number of nitrogens with one attached hydrogen (secondary N) is 1. The fourth-order valence-electron chi connectivity index (χ4n) is 2.75. The van der Waals surface area contributed by atoms with Crippen LogP contribution in [0.4, 0.5) is 4.39 Å². The minimum absolute atomic E-state index is 0.382. The predicted molar refractivity (Wildman–Crippen MR) is 67.4 cm³/mol. The fourth-order valence-corrected chi connectivity index (χ4v) is 2.75. The number of benzene rings is 1. The lowest BCUT2D eigenvalue weighted by Gasteiger charge is -2.33. The van der Waals surface area contributed by atoms with Crippen LogP contribution in [0.5, 0.6) is 5.75 Å². The van der Waals surface area contributed by atoms with E-state index in [-0.39, 0.29) is 0 Å². The highest BCUT2D eigenvalue weighted by molar-refractivity contribution is 5.47. The zero-order valence-electron chi connectivity index (χ0n) is 10.8. The Morgan fingerprint density at radius 3 is 2.71 bits per heavy atom. The molecule has 1 fully saturated rings. The van der Waals surface area contributed by atoms with Gasteiger partial charge in [0, 0.05) is 12.1 Å². The molecule has 0 aliphatic carbocycles. The average Bonchev–Trinajstić information content (AvgIpc) is 2.28. The molecule has 1 saturated heterocycles. The molecule has 0 bridgehead atoms. The fraction of sp³-hybridized carbons (Fsp3) is 0.571. The first kappa shape index (κ1) is 12.4. The zero-order chi connectivity index (χ0) is 12.5. The van der Waals surface area contributed by atoms with E-state index in [1.165, 1.54) is 0 Å². The Morgan fingerprint density at radius 2 is 2.12 bits per heavy atom. The molecule has 1 aliphatic heterocycles. The monoisotopic (exact) mass is 237 g/mol. The van der Waals surface area contributed by atoms with Crippen molar-refractivity contribution < 1.29 is 9.13 Å². The van der Waals surface area contributed by atoms with Gasteiger partial charge in [0.25, 0.3) is 0 Å². The van der Waals surface area contributed by atoms with Crippen molar-refractivity contribution in [2.75, 3.05) is 20.2 Å². The van der Waals surface area contributed by atoms with Gasteiger partial charge in [0.2, 0.25) is 0 Å². The van der Waals surface area contributed by atoms with E-state index < -0.39 is 5.67 Å². The molecule has 1 aliphatic rings. The van der Waals surface area contributed by atoms with Crippen LogP contribution in [-0.4, -0.2) is 20.2 Å². The highest BCUT2D eigenvalue weighted by Gasteiger charge is 2.37. The maximum atomic E-state index is 15.0. The first-order valence-corrected chi connectivity index (χ1v) is 6.12. The van der Waals surface area contributed by atoms with Crippen molar-refractivity contribution in [1.82, 2.24) is 5.32 Å². The number of ether oxygens (including phenoxy) is 1. The standard InChI is InChI=1S/C14H20FNO/c1-10-7-11(2)13(12(8-10)17-3)14(15)5-4-6-16-9-14/h7-8,16H,4-6,9H2,1-3H3. The van der Waals surface area contributed by atoms with Gasteiger partial charge in [-0.3, -0.25) is 0 Å². The molecule has 3 heteroatoms. The third kappa shape index (κ3) is 2.29. The van der Waals surface area contributed by atoms with Crippen molar-refractivity contribution in [3.8, 4) is 5.75 Å². The third-order valence-electron chi connectivity index (χ3n) is 3.44. The van der Waals surface area contributed by atoms with Gasteiger partial charge in [0.1, 0.15) is 5.75 Å². The lowest BCUT2D eigenvalue weighted by Crippen LogP contribution is -2.40. The van der Waals surface area contributed by atoms with Crippen LogP contribution < -0.4 is 10.1 Å². The molecule has 1 heterocycles. The summed E-state index contributed by atoms with van der Waals surface area (Å²) in [5, 5.41) is 3.14. The van der Waals surface area contributed by atoms with E-state index in [9.17, 15) is 0 Å². The molecule has 0 radical (unpaired) electrons. The Kier molecular flexibility index (Phi) is 3.38. The van der Waals surface area contributed by atoms with Crippen molar-refractivity contribution in [2.24, 2.45) is 0 Å². The molecule has 1 atom stereocenters. The number of hydrogen-bond donors (Lipinski definition) is 1. The summed E-state index contributed by atoms with van der Waals surface area (Å²) in [4.78, 5) is 0. The molecule has 0 amide bonds. The molecule has 94 valence electrons. The van der Waals surface area contributed by atoms with Crippen LogP contribution in [0, 0.1) is 13.8 Å². The van der Waals surface area contributed by atoms with Crippen LogP contribution in [0.3, 0.4) is 0 Å². The van der Waals surface area contributed by atoms with Gasteiger partial charge in [-0.2, -0.15) is 0 Å². The summed E-state index contributed by atoms with van der Waals surface area (Å²) in [5.74, 6) is 0.675. The molecule has 0 saturated carbocycles. The topological polar surface area (TPSA) is 21.3 Å². The lowest BCUT2D eigenvalue weighted by atomic mass is 9.84. The Labute approximate surface area is 102 Å². The van der Waals surface area contributed by atoms with Crippen molar-refractivity contribution in [2.45, 2.75) is 32.4 Å². The minimum atomic E-state index is -1.29. The second-order valence-corrected chi connectivity index (χ2v) is 4.90. The maximum Gasteiger partial charge on any atom is 0.152 e. The first-order chi connectivity index (χ1) is 8.07. The van der Waals surface area contributed by atoms with E-state index in [0.717, 1.165) is 29.7 Å². The molecule has 2 rings (SSSR count). The second-order valence-electron chi connectivity index (χ2n) is 4.90. The molecule has 17 heavy (non-hydrogen) atoms. The van der Waals surface area contributed by atoms with Crippen LogP contribution in [0.1, 0.15) is 29.5 Å². The van der Waals surface area contributed by atoms with E-state index in [2.05, 4.69) is 5.32 Å².